The maximum atomic E-state index is 11.5. The fraction of sp³-hybridized carbons (Fsp3) is 0.588. The van der Waals surface area contributed by atoms with E-state index in [0.717, 1.165) is 18.5 Å². The van der Waals surface area contributed by atoms with Gasteiger partial charge in [0.25, 0.3) is 0 Å². The van der Waals surface area contributed by atoms with E-state index in [1.165, 1.54) is 0 Å². The zero-order valence-electron chi connectivity index (χ0n) is 14.0. The van der Waals surface area contributed by atoms with Gasteiger partial charge in [-0.1, -0.05) is 18.2 Å². The highest BCUT2D eigenvalue weighted by molar-refractivity contribution is 5.67. The number of alkyl carbamates (subject to hydrolysis) is 1. The van der Waals surface area contributed by atoms with Crippen LogP contribution in [0.15, 0.2) is 30.3 Å². The smallest absolute Gasteiger partial charge is 0.407 e. The number of hydrogen-bond donors (Lipinski definition) is 2. The van der Waals surface area contributed by atoms with Crippen LogP contribution < -0.4 is 10.6 Å². The first-order chi connectivity index (χ1) is 10.4. The molecule has 0 aliphatic carbocycles. The Morgan fingerprint density at radius 3 is 2.50 bits per heavy atom. The molecule has 1 rings (SSSR count). The second kappa shape index (κ2) is 9.30. The van der Waals surface area contributed by atoms with E-state index in [0.29, 0.717) is 13.2 Å². The molecule has 22 heavy (non-hydrogen) atoms. The van der Waals surface area contributed by atoms with E-state index in [-0.39, 0.29) is 12.1 Å². The van der Waals surface area contributed by atoms with Gasteiger partial charge in [-0.15, -0.1) is 0 Å². The summed E-state index contributed by atoms with van der Waals surface area (Å²) >= 11 is 0. The molecule has 0 aliphatic heterocycles. The van der Waals surface area contributed by atoms with Gasteiger partial charge in [0.1, 0.15) is 5.60 Å². The Bertz CT molecular complexity index is 429. The molecular weight excluding hydrogens is 280 g/mol. The minimum Gasteiger partial charge on any atom is -0.444 e. The number of ether oxygens (including phenoxy) is 2. The van der Waals surface area contributed by atoms with Crippen molar-refractivity contribution in [2.45, 2.75) is 45.3 Å². The van der Waals surface area contributed by atoms with Crippen molar-refractivity contribution in [1.82, 2.24) is 5.32 Å². The molecule has 2 N–H and O–H groups in total. The second-order valence-electron chi connectivity index (χ2n) is 6.23. The summed E-state index contributed by atoms with van der Waals surface area (Å²) in [6.45, 7) is 6.77. The molecule has 1 amide bonds. The molecule has 0 aromatic heterocycles. The quantitative estimate of drug-likeness (QED) is 0.722. The van der Waals surface area contributed by atoms with Crippen LogP contribution in [0.3, 0.4) is 0 Å². The van der Waals surface area contributed by atoms with E-state index in [1.807, 2.05) is 51.1 Å². The van der Waals surface area contributed by atoms with Crippen molar-refractivity contribution in [3.05, 3.63) is 30.3 Å². The Morgan fingerprint density at radius 2 is 1.91 bits per heavy atom. The van der Waals surface area contributed by atoms with Gasteiger partial charge in [-0.05, 0) is 45.7 Å². The molecule has 1 aromatic rings. The molecular formula is C17H28N2O3. The molecule has 1 unspecified atom stereocenters. The van der Waals surface area contributed by atoms with Crippen LogP contribution in [0, 0.1) is 0 Å². The monoisotopic (exact) mass is 308 g/mol. The maximum absolute atomic E-state index is 11.5. The van der Waals surface area contributed by atoms with Gasteiger partial charge in [-0.2, -0.15) is 0 Å². The molecule has 0 fully saturated rings. The minimum absolute atomic E-state index is 0.216. The van der Waals surface area contributed by atoms with Crippen molar-refractivity contribution in [2.24, 2.45) is 0 Å². The third kappa shape index (κ3) is 8.52. The highest BCUT2D eigenvalue weighted by Gasteiger charge is 2.15. The summed E-state index contributed by atoms with van der Waals surface area (Å²) < 4.78 is 10.4. The molecule has 0 bridgehead atoms. The number of carbonyl (C=O) groups excluding carboxylic acids is 1. The first-order valence-corrected chi connectivity index (χ1v) is 7.68. The van der Waals surface area contributed by atoms with Crippen molar-refractivity contribution in [2.75, 3.05) is 25.6 Å². The SMILES string of the molecule is COCC(CCCNC(=O)OC(C)(C)C)Nc1ccccc1. The van der Waals surface area contributed by atoms with E-state index in [9.17, 15) is 4.79 Å². The van der Waals surface area contributed by atoms with Gasteiger partial charge >= 0.3 is 6.09 Å². The van der Waals surface area contributed by atoms with E-state index >= 15 is 0 Å². The molecule has 0 saturated carbocycles. The van der Waals surface area contributed by atoms with Crippen LogP contribution in [0.4, 0.5) is 10.5 Å². The number of para-hydroxylation sites is 1. The standard InChI is InChI=1S/C17H28N2O3/c1-17(2,3)22-16(20)18-12-8-11-15(13-21-4)19-14-9-6-5-7-10-14/h5-7,9-10,15,19H,8,11-13H2,1-4H3,(H,18,20). The Labute approximate surface area is 133 Å². The topological polar surface area (TPSA) is 59.6 Å². The Morgan fingerprint density at radius 1 is 1.23 bits per heavy atom. The number of hydrogen-bond acceptors (Lipinski definition) is 4. The van der Waals surface area contributed by atoms with E-state index in [4.69, 9.17) is 9.47 Å². The van der Waals surface area contributed by atoms with Gasteiger partial charge in [0, 0.05) is 25.4 Å². The number of rotatable bonds is 8. The predicted octanol–water partition coefficient (Wildman–Crippen LogP) is 3.42. The number of methoxy groups -OCH3 is 1. The second-order valence-corrected chi connectivity index (χ2v) is 6.23. The summed E-state index contributed by atoms with van der Waals surface area (Å²) in [7, 11) is 1.69. The highest BCUT2D eigenvalue weighted by Crippen LogP contribution is 2.10. The third-order valence-electron chi connectivity index (χ3n) is 2.91. The molecule has 5 heteroatoms. The zero-order valence-corrected chi connectivity index (χ0v) is 14.0. The van der Waals surface area contributed by atoms with Crippen LogP contribution in [0.5, 0.6) is 0 Å². The van der Waals surface area contributed by atoms with Crippen LogP contribution in [0.25, 0.3) is 0 Å². The number of benzene rings is 1. The van der Waals surface area contributed by atoms with Crippen LogP contribution >= 0.6 is 0 Å². The van der Waals surface area contributed by atoms with Crippen molar-refractivity contribution in [3.8, 4) is 0 Å². The lowest BCUT2D eigenvalue weighted by atomic mass is 10.1. The van der Waals surface area contributed by atoms with Crippen LogP contribution in [0.2, 0.25) is 0 Å². The average molecular weight is 308 g/mol. The first kappa shape index (κ1) is 18.3. The average Bonchev–Trinajstić information content (AvgIpc) is 2.43. The Balaban J connectivity index is 2.28. The van der Waals surface area contributed by atoms with Gasteiger partial charge in [0.2, 0.25) is 0 Å². The molecule has 1 atom stereocenters. The van der Waals surface area contributed by atoms with Gasteiger partial charge in [0.15, 0.2) is 0 Å². The van der Waals surface area contributed by atoms with Crippen molar-refractivity contribution >= 4 is 11.8 Å². The van der Waals surface area contributed by atoms with E-state index < -0.39 is 5.60 Å². The molecule has 124 valence electrons. The molecule has 5 nitrogen and oxygen atoms in total. The van der Waals surface area contributed by atoms with Gasteiger partial charge in [-0.3, -0.25) is 0 Å². The van der Waals surface area contributed by atoms with E-state index in [1.54, 1.807) is 7.11 Å². The van der Waals surface area contributed by atoms with Crippen molar-refractivity contribution in [3.63, 3.8) is 0 Å². The summed E-state index contributed by atoms with van der Waals surface area (Å²) in [5.74, 6) is 0. The highest BCUT2D eigenvalue weighted by atomic mass is 16.6. The summed E-state index contributed by atoms with van der Waals surface area (Å²) in [4.78, 5) is 11.5. The number of nitrogens with one attached hydrogen (secondary N) is 2. The van der Waals surface area contributed by atoms with Crippen LogP contribution in [-0.2, 0) is 9.47 Å². The Kier molecular flexibility index (Phi) is 7.74. The fourth-order valence-corrected chi connectivity index (χ4v) is 2.02. The summed E-state index contributed by atoms with van der Waals surface area (Å²) in [5.41, 5.74) is 0.613. The van der Waals surface area contributed by atoms with E-state index in [2.05, 4.69) is 10.6 Å². The molecule has 0 heterocycles. The normalized spacial score (nSPS) is 12.5. The zero-order chi connectivity index (χ0) is 16.4. The van der Waals surface area contributed by atoms with Crippen LogP contribution in [-0.4, -0.2) is 38.0 Å². The Hall–Kier alpha value is -1.75. The molecule has 1 aromatic carbocycles. The fourth-order valence-electron chi connectivity index (χ4n) is 2.02. The van der Waals surface area contributed by atoms with Gasteiger partial charge in [0.05, 0.1) is 6.61 Å². The van der Waals surface area contributed by atoms with Crippen LogP contribution in [0.1, 0.15) is 33.6 Å². The lowest BCUT2D eigenvalue weighted by molar-refractivity contribution is 0.0526. The summed E-state index contributed by atoms with van der Waals surface area (Å²) in [6, 6.07) is 10.3. The van der Waals surface area contributed by atoms with Crippen molar-refractivity contribution < 1.29 is 14.3 Å². The maximum Gasteiger partial charge on any atom is 0.407 e. The molecule has 0 aliphatic rings. The lowest BCUT2D eigenvalue weighted by Gasteiger charge is -2.21. The van der Waals surface area contributed by atoms with Gasteiger partial charge in [-0.25, -0.2) is 4.79 Å². The van der Waals surface area contributed by atoms with Crippen molar-refractivity contribution in [1.29, 1.82) is 0 Å². The molecule has 0 radical (unpaired) electrons. The van der Waals surface area contributed by atoms with Gasteiger partial charge < -0.3 is 20.1 Å². The molecule has 0 saturated heterocycles. The summed E-state index contributed by atoms with van der Waals surface area (Å²) in [6.07, 6.45) is 1.39. The third-order valence-corrected chi connectivity index (χ3v) is 2.91. The predicted molar refractivity (Wildman–Crippen MR) is 89.2 cm³/mol. The molecule has 0 spiro atoms. The summed E-state index contributed by atoms with van der Waals surface area (Å²) in [5, 5.41) is 6.21. The number of amides is 1. The minimum atomic E-state index is -0.461. The number of carbonyl (C=O) groups is 1. The largest absolute Gasteiger partial charge is 0.444 e. The first-order valence-electron chi connectivity index (χ1n) is 7.68. The number of anilines is 1. The lowest BCUT2D eigenvalue weighted by Crippen LogP contribution is -2.33.